The highest BCUT2D eigenvalue weighted by molar-refractivity contribution is 6.02. The first kappa shape index (κ1) is 21.6. The average molecular weight is 451 g/mol. The molecule has 0 aromatic carbocycles. The third kappa shape index (κ3) is 4.11. The largest absolute Gasteiger partial charge is 0.378 e. The normalized spacial score (nSPS) is 20.9. The summed E-state index contributed by atoms with van der Waals surface area (Å²) in [5.74, 6) is -0.515. The van der Waals surface area contributed by atoms with Crippen LogP contribution in [0, 0.1) is 11.3 Å². The van der Waals surface area contributed by atoms with E-state index in [9.17, 15) is 14.9 Å². The summed E-state index contributed by atoms with van der Waals surface area (Å²) in [6, 6.07) is 7.31. The molecule has 0 bridgehead atoms. The summed E-state index contributed by atoms with van der Waals surface area (Å²) >= 11 is 0. The Morgan fingerprint density at radius 3 is 2.52 bits per heavy atom. The smallest absolute Gasteiger partial charge is 0.267 e. The second-order valence-electron chi connectivity index (χ2n) is 8.25. The molecule has 1 amide bonds. The van der Waals surface area contributed by atoms with Gasteiger partial charge in [0.1, 0.15) is 23.1 Å². The number of fused-ring (bicyclic) bond motifs is 1. The topological polar surface area (TPSA) is 109 Å². The standard InChI is InChI=1S/C23H25N5O5/c24-16-17(21(29)27-9-11-31-12-10-27)15-18-20(25-19-3-1-2-6-28(19)22(18)30)26-7-4-23(5-8-26)32-13-14-33-23/h1-3,6,15H,4-5,7-14H2. The number of pyridine rings is 1. The summed E-state index contributed by atoms with van der Waals surface area (Å²) < 4.78 is 18.4. The van der Waals surface area contributed by atoms with E-state index in [1.807, 2.05) is 17.0 Å². The minimum Gasteiger partial charge on any atom is -0.378 e. The van der Waals surface area contributed by atoms with Crippen LogP contribution in [-0.2, 0) is 19.0 Å². The predicted molar refractivity (Wildman–Crippen MR) is 119 cm³/mol. The second-order valence-corrected chi connectivity index (χ2v) is 8.25. The number of nitrogens with zero attached hydrogens (tertiary/aromatic N) is 5. The van der Waals surface area contributed by atoms with Crippen LogP contribution >= 0.6 is 0 Å². The predicted octanol–water partition coefficient (Wildman–Crippen LogP) is 0.804. The van der Waals surface area contributed by atoms with Crippen LogP contribution in [0.25, 0.3) is 11.7 Å². The molecule has 5 heterocycles. The number of carbonyl (C=O) groups excluding carboxylic acids is 1. The molecule has 1 spiro atoms. The van der Waals surface area contributed by atoms with E-state index in [0.717, 1.165) is 0 Å². The first-order chi connectivity index (χ1) is 16.1. The third-order valence-electron chi connectivity index (χ3n) is 6.33. The van der Waals surface area contributed by atoms with Crippen LogP contribution in [0.4, 0.5) is 5.82 Å². The van der Waals surface area contributed by atoms with Crippen LogP contribution in [0.1, 0.15) is 18.4 Å². The zero-order valence-electron chi connectivity index (χ0n) is 18.2. The summed E-state index contributed by atoms with van der Waals surface area (Å²) in [5, 5.41) is 9.76. The van der Waals surface area contributed by atoms with Crippen molar-refractivity contribution in [1.29, 1.82) is 5.26 Å². The molecule has 3 fully saturated rings. The number of carbonyl (C=O) groups is 1. The van der Waals surface area contributed by atoms with Crippen LogP contribution in [-0.4, -0.2) is 78.6 Å². The fraction of sp³-hybridized carbons (Fsp3) is 0.478. The Morgan fingerprint density at radius 1 is 1.09 bits per heavy atom. The maximum absolute atomic E-state index is 13.4. The van der Waals surface area contributed by atoms with Crippen molar-refractivity contribution in [3.63, 3.8) is 0 Å². The van der Waals surface area contributed by atoms with Gasteiger partial charge in [-0.05, 0) is 18.2 Å². The van der Waals surface area contributed by atoms with E-state index >= 15 is 0 Å². The van der Waals surface area contributed by atoms with Crippen molar-refractivity contribution in [3.8, 4) is 6.07 Å². The van der Waals surface area contributed by atoms with Crippen molar-refractivity contribution in [2.75, 3.05) is 57.5 Å². The van der Waals surface area contributed by atoms with Crippen molar-refractivity contribution >= 4 is 23.4 Å². The Morgan fingerprint density at radius 2 is 1.82 bits per heavy atom. The fourth-order valence-electron chi connectivity index (χ4n) is 4.53. The average Bonchev–Trinajstić information content (AvgIpc) is 3.32. The first-order valence-corrected chi connectivity index (χ1v) is 11.1. The third-order valence-corrected chi connectivity index (χ3v) is 6.33. The summed E-state index contributed by atoms with van der Waals surface area (Å²) in [7, 11) is 0. The molecule has 33 heavy (non-hydrogen) atoms. The molecule has 3 aliphatic heterocycles. The Balaban J connectivity index is 1.54. The van der Waals surface area contributed by atoms with Crippen molar-refractivity contribution in [1.82, 2.24) is 14.3 Å². The molecular formula is C23H25N5O5. The van der Waals surface area contributed by atoms with Crippen LogP contribution in [0.5, 0.6) is 0 Å². The molecule has 2 aromatic heterocycles. The van der Waals surface area contributed by atoms with Gasteiger partial charge in [0, 0.05) is 45.2 Å². The number of nitriles is 1. The van der Waals surface area contributed by atoms with Crippen molar-refractivity contribution in [3.05, 3.63) is 45.9 Å². The second kappa shape index (κ2) is 8.94. The quantitative estimate of drug-likeness (QED) is 0.498. The highest BCUT2D eigenvalue weighted by Gasteiger charge is 2.40. The molecule has 10 nitrogen and oxygen atoms in total. The van der Waals surface area contributed by atoms with Gasteiger partial charge >= 0.3 is 0 Å². The van der Waals surface area contributed by atoms with Gasteiger partial charge in [0.05, 0.1) is 32.0 Å². The van der Waals surface area contributed by atoms with Gasteiger partial charge in [-0.3, -0.25) is 14.0 Å². The number of ether oxygens (including phenoxy) is 3. The Hall–Kier alpha value is -3.26. The SMILES string of the molecule is N#CC(=Cc1c(N2CCC3(CC2)OCCO3)nc2ccccn2c1=O)C(=O)N1CCOCC1. The van der Waals surface area contributed by atoms with E-state index in [0.29, 0.717) is 76.9 Å². The molecule has 172 valence electrons. The van der Waals surface area contributed by atoms with Crippen LogP contribution in [0.15, 0.2) is 34.8 Å². The highest BCUT2D eigenvalue weighted by Crippen LogP contribution is 2.33. The molecule has 0 saturated carbocycles. The van der Waals surface area contributed by atoms with E-state index < -0.39 is 11.7 Å². The van der Waals surface area contributed by atoms with Gasteiger partial charge in [-0.15, -0.1) is 0 Å². The monoisotopic (exact) mass is 451 g/mol. The number of hydrogen-bond acceptors (Lipinski definition) is 8. The van der Waals surface area contributed by atoms with E-state index in [2.05, 4.69) is 0 Å². The molecule has 2 aromatic rings. The highest BCUT2D eigenvalue weighted by atomic mass is 16.7. The molecule has 0 radical (unpaired) electrons. The zero-order valence-corrected chi connectivity index (χ0v) is 18.2. The van der Waals surface area contributed by atoms with Crippen LogP contribution in [0.3, 0.4) is 0 Å². The lowest BCUT2D eigenvalue weighted by atomic mass is 10.0. The Labute approximate surface area is 190 Å². The molecule has 3 saturated heterocycles. The molecule has 5 rings (SSSR count). The van der Waals surface area contributed by atoms with Crippen molar-refractivity contribution in [2.24, 2.45) is 0 Å². The van der Waals surface area contributed by atoms with Gasteiger partial charge in [0.15, 0.2) is 5.79 Å². The maximum Gasteiger partial charge on any atom is 0.267 e. The first-order valence-electron chi connectivity index (χ1n) is 11.1. The molecule has 0 unspecified atom stereocenters. The number of rotatable bonds is 3. The van der Waals surface area contributed by atoms with Crippen molar-refractivity contribution < 1.29 is 19.0 Å². The van der Waals surface area contributed by atoms with Crippen molar-refractivity contribution in [2.45, 2.75) is 18.6 Å². The molecular weight excluding hydrogens is 426 g/mol. The molecule has 3 aliphatic rings. The van der Waals surface area contributed by atoms with Crippen LogP contribution < -0.4 is 10.5 Å². The lowest BCUT2D eigenvalue weighted by Crippen LogP contribution is -2.46. The summed E-state index contributed by atoms with van der Waals surface area (Å²) in [5.41, 5.74) is 0.304. The molecule has 10 heteroatoms. The Bertz CT molecular complexity index is 1180. The molecule has 0 N–H and O–H groups in total. The number of aromatic nitrogens is 2. The zero-order chi connectivity index (χ0) is 22.8. The fourth-order valence-corrected chi connectivity index (χ4v) is 4.53. The van der Waals surface area contributed by atoms with Gasteiger partial charge in [-0.25, -0.2) is 4.98 Å². The van der Waals surface area contributed by atoms with E-state index in [1.54, 1.807) is 23.2 Å². The maximum atomic E-state index is 13.4. The number of anilines is 1. The summed E-state index contributed by atoms with van der Waals surface area (Å²) in [6.45, 7) is 4.00. The number of piperidine rings is 1. The van der Waals surface area contributed by atoms with Gasteiger partial charge in [0.25, 0.3) is 11.5 Å². The number of amides is 1. The number of morpholine rings is 1. The summed E-state index contributed by atoms with van der Waals surface area (Å²) in [6.07, 6.45) is 4.30. The van der Waals surface area contributed by atoms with E-state index in [4.69, 9.17) is 19.2 Å². The van der Waals surface area contributed by atoms with Crippen LogP contribution in [0.2, 0.25) is 0 Å². The van der Waals surface area contributed by atoms with E-state index in [-0.39, 0.29) is 16.7 Å². The number of hydrogen-bond donors (Lipinski definition) is 0. The molecule has 0 aliphatic carbocycles. The summed E-state index contributed by atoms with van der Waals surface area (Å²) in [4.78, 5) is 34.7. The Kier molecular flexibility index (Phi) is 5.85. The molecule has 0 atom stereocenters. The lowest BCUT2D eigenvalue weighted by Gasteiger charge is -2.38. The van der Waals surface area contributed by atoms with E-state index in [1.165, 1.54) is 10.5 Å². The van der Waals surface area contributed by atoms with Gasteiger partial charge < -0.3 is 24.0 Å². The minimum absolute atomic E-state index is 0.0936. The minimum atomic E-state index is -0.567. The lowest BCUT2D eigenvalue weighted by molar-refractivity contribution is -0.169. The van der Waals surface area contributed by atoms with Gasteiger partial charge in [-0.2, -0.15) is 5.26 Å². The van der Waals surface area contributed by atoms with Gasteiger partial charge in [-0.1, -0.05) is 6.07 Å². The van der Waals surface area contributed by atoms with Gasteiger partial charge in [0.2, 0.25) is 0 Å².